The normalized spacial score (nSPS) is 18.7. The van der Waals surface area contributed by atoms with Crippen LogP contribution in [-0.4, -0.2) is 53.0 Å². The van der Waals surface area contributed by atoms with Gasteiger partial charge in [0.2, 0.25) is 10.0 Å². The van der Waals surface area contributed by atoms with Gasteiger partial charge in [0, 0.05) is 18.3 Å². The molecule has 8 heteroatoms. The second-order valence-electron chi connectivity index (χ2n) is 5.66. The maximum absolute atomic E-state index is 12.1. The van der Waals surface area contributed by atoms with E-state index in [1.807, 2.05) is 13.0 Å². The van der Waals surface area contributed by atoms with Crippen LogP contribution in [0.25, 0.3) is 0 Å². The fraction of sp³-hybridized carbons (Fsp3) is 0.562. The number of benzene rings is 1. The Balaban J connectivity index is 1.98. The number of anilines is 1. The van der Waals surface area contributed by atoms with Gasteiger partial charge in [-0.25, -0.2) is 13.1 Å². The smallest absolute Gasteiger partial charge is 0.253 e. The van der Waals surface area contributed by atoms with Gasteiger partial charge in [0.1, 0.15) is 12.4 Å². The summed E-state index contributed by atoms with van der Waals surface area (Å²) in [6.07, 6.45) is 1.05. The fourth-order valence-corrected chi connectivity index (χ4v) is 3.66. The molecule has 1 aromatic rings. The predicted octanol–water partition coefficient (Wildman–Crippen LogP) is 1.15. The van der Waals surface area contributed by atoms with Gasteiger partial charge in [-0.05, 0) is 18.6 Å². The zero-order chi connectivity index (χ0) is 17.6. The molecule has 24 heavy (non-hydrogen) atoms. The van der Waals surface area contributed by atoms with E-state index in [2.05, 4.69) is 4.72 Å². The summed E-state index contributed by atoms with van der Waals surface area (Å²) in [5.41, 5.74) is 0.710. The Kier molecular flexibility index (Phi) is 6.59. The molecule has 1 aliphatic heterocycles. The van der Waals surface area contributed by atoms with Crippen molar-refractivity contribution in [1.29, 1.82) is 0 Å². The van der Waals surface area contributed by atoms with Crippen molar-refractivity contribution in [2.24, 2.45) is 0 Å². The van der Waals surface area contributed by atoms with E-state index in [1.54, 1.807) is 30.2 Å². The van der Waals surface area contributed by atoms with Gasteiger partial charge >= 0.3 is 0 Å². The minimum Gasteiger partial charge on any atom is -0.497 e. The minimum atomic E-state index is -3.30. The van der Waals surface area contributed by atoms with Crippen LogP contribution in [0.2, 0.25) is 0 Å². The Bertz CT molecular complexity index is 662. The zero-order valence-electron chi connectivity index (χ0n) is 14.0. The van der Waals surface area contributed by atoms with Crippen LogP contribution in [0.1, 0.15) is 19.8 Å². The summed E-state index contributed by atoms with van der Waals surface area (Å²) in [5.74, 6) is 0.603. The van der Waals surface area contributed by atoms with E-state index in [1.165, 1.54) is 0 Å². The maximum Gasteiger partial charge on any atom is 0.253 e. The van der Waals surface area contributed by atoms with Crippen LogP contribution in [0.4, 0.5) is 5.69 Å². The molecule has 1 amide bonds. The molecule has 0 aliphatic carbocycles. The molecule has 0 aromatic heterocycles. The number of nitrogens with zero attached hydrogens (tertiary/aromatic N) is 1. The Labute approximate surface area is 143 Å². The molecule has 1 saturated heterocycles. The number of ether oxygens (including phenoxy) is 2. The Hall–Kier alpha value is -1.64. The number of morpholine rings is 1. The van der Waals surface area contributed by atoms with E-state index in [9.17, 15) is 13.2 Å². The third-order valence-corrected chi connectivity index (χ3v) is 5.22. The number of sulfonamides is 1. The number of methoxy groups -OCH3 is 1. The van der Waals surface area contributed by atoms with Gasteiger partial charge in [0.05, 0.1) is 25.5 Å². The Morgan fingerprint density at radius 1 is 1.42 bits per heavy atom. The van der Waals surface area contributed by atoms with Crippen molar-refractivity contribution >= 4 is 21.6 Å². The van der Waals surface area contributed by atoms with Gasteiger partial charge in [0.25, 0.3) is 5.91 Å². The number of nitrogens with one attached hydrogen (secondary N) is 1. The van der Waals surface area contributed by atoms with E-state index >= 15 is 0 Å². The fourth-order valence-electron chi connectivity index (χ4n) is 2.40. The topological polar surface area (TPSA) is 84.9 Å². The first kappa shape index (κ1) is 18.7. The van der Waals surface area contributed by atoms with E-state index < -0.39 is 10.0 Å². The molecule has 134 valence electrons. The van der Waals surface area contributed by atoms with Crippen molar-refractivity contribution in [3.63, 3.8) is 0 Å². The molecule has 0 spiro atoms. The SMILES string of the molecule is CCCCS(=O)(=O)NCC1CN(c2cccc(OC)c2)C(=O)CO1. The molecule has 1 fully saturated rings. The molecule has 1 heterocycles. The van der Waals surface area contributed by atoms with Gasteiger partial charge in [-0.3, -0.25) is 4.79 Å². The maximum atomic E-state index is 12.1. The molecular weight excluding hydrogens is 332 g/mol. The second kappa shape index (κ2) is 8.46. The minimum absolute atomic E-state index is 0.0709. The highest BCUT2D eigenvalue weighted by Crippen LogP contribution is 2.23. The van der Waals surface area contributed by atoms with E-state index in [0.29, 0.717) is 24.4 Å². The summed E-state index contributed by atoms with van der Waals surface area (Å²) < 4.78 is 36.9. The molecule has 1 aliphatic rings. The highest BCUT2D eigenvalue weighted by Gasteiger charge is 2.28. The van der Waals surface area contributed by atoms with Gasteiger partial charge in [-0.2, -0.15) is 0 Å². The van der Waals surface area contributed by atoms with Crippen molar-refractivity contribution < 1.29 is 22.7 Å². The average molecular weight is 356 g/mol. The molecule has 7 nitrogen and oxygen atoms in total. The highest BCUT2D eigenvalue weighted by molar-refractivity contribution is 7.89. The molecule has 1 aromatic carbocycles. The molecule has 0 saturated carbocycles. The molecule has 1 unspecified atom stereocenters. The lowest BCUT2D eigenvalue weighted by Gasteiger charge is -2.33. The van der Waals surface area contributed by atoms with Crippen LogP contribution in [0.5, 0.6) is 5.75 Å². The molecule has 1 N–H and O–H groups in total. The number of carbonyl (C=O) groups excluding carboxylic acids is 1. The molecule has 1 atom stereocenters. The molecular formula is C16H24N2O5S. The zero-order valence-corrected chi connectivity index (χ0v) is 14.8. The Morgan fingerprint density at radius 2 is 2.21 bits per heavy atom. The highest BCUT2D eigenvalue weighted by atomic mass is 32.2. The molecule has 0 radical (unpaired) electrons. The third kappa shape index (κ3) is 5.19. The van der Waals surface area contributed by atoms with Gasteiger partial charge in [-0.15, -0.1) is 0 Å². The average Bonchev–Trinajstić information content (AvgIpc) is 2.59. The van der Waals surface area contributed by atoms with Crippen LogP contribution in [0, 0.1) is 0 Å². The van der Waals surface area contributed by atoms with E-state index in [-0.39, 0.29) is 30.9 Å². The number of carbonyl (C=O) groups is 1. The van der Waals surface area contributed by atoms with Crippen molar-refractivity contribution in [1.82, 2.24) is 4.72 Å². The summed E-state index contributed by atoms with van der Waals surface area (Å²) in [5, 5.41) is 0. The van der Waals surface area contributed by atoms with Crippen LogP contribution in [0.3, 0.4) is 0 Å². The number of hydrogen-bond donors (Lipinski definition) is 1. The largest absolute Gasteiger partial charge is 0.497 e. The lowest BCUT2D eigenvalue weighted by molar-refractivity contribution is -0.129. The number of unbranched alkanes of at least 4 members (excludes halogenated alkanes) is 1. The standard InChI is InChI=1S/C16H24N2O5S/c1-3-4-8-24(20,21)17-10-15-11-18(16(19)12-23-15)13-6-5-7-14(9-13)22-2/h5-7,9,15,17H,3-4,8,10-12H2,1-2H3. The number of rotatable bonds is 8. The van der Waals surface area contributed by atoms with Crippen LogP contribution >= 0.6 is 0 Å². The van der Waals surface area contributed by atoms with Gasteiger partial charge in [-0.1, -0.05) is 19.4 Å². The lowest BCUT2D eigenvalue weighted by Crippen LogP contribution is -2.50. The lowest BCUT2D eigenvalue weighted by atomic mass is 10.2. The van der Waals surface area contributed by atoms with Crippen molar-refractivity contribution in [2.45, 2.75) is 25.9 Å². The summed E-state index contributed by atoms with van der Waals surface area (Å²) in [4.78, 5) is 13.7. The first-order chi connectivity index (χ1) is 11.4. The summed E-state index contributed by atoms with van der Waals surface area (Å²) in [6, 6.07) is 7.19. The quantitative estimate of drug-likeness (QED) is 0.755. The van der Waals surface area contributed by atoms with Crippen LogP contribution < -0.4 is 14.4 Å². The monoisotopic (exact) mass is 356 g/mol. The predicted molar refractivity (Wildman–Crippen MR) is 91.8 cm³/mol. The van der Waals surface area contributed by atoms with Crippen molar-refractivity contribution in [2.75, 3.05) is 37.5 Å². The van der Waals surface area contributed by atoms with Crippen molar-refractivity contribution in [3.05, 3.63) is 24.3 Å². The first-order valence-corrected chi connectivity index (χ1v) is 9.63. The van der Waals surface area contributed by atoms with Gasteiger partial charge < -0.3 is 14.4 Å². The van der Waals surface area contributed by atoms with Crippen LogP contribution in [0.15, 0.2) is 24.3 Å². The van der Waals surface area contributed by atoms with E-state index in [0.717, 1.165) is 6.42 Å². The molecule has 0 bridgehead atoms. The van der Waals surface area contributed by atoms with E-state index in [4.69, 9.17) is 9.47 Å². The number of amides is 1. The van der Waals surface area contributed by atoms with Crippen LogP contribution in [-0.2, 0) is 19.6 Å². The summed E-state index contributed by atoms with van der Waals surface area (Å²) in [6.45, 7) is 2.32. The first-order valence-electron chi connectivity index (χ1n) is 7.98. The molecule has 2 rings (SSSR count). The summed E-state index contributed by atoms with van der Waals surface area (Å²) in [7, 11) is -1.74. The van der Waals surface area contributed by atoms with Gasteiger partial charge in [0.15, 0.2) is 0 Å². The van der Waals surface area contributed by atoms with Crippen molar-refractivity contribution in [3.8, 4) is 5.75 Å². The number of hydrogen-bond acceptors (Lipinski definition) is 5. The second-order valence-corrected chi connectivity index (χ2v) is 7.59. The summed E-state index contributed by atoms with van der Waals surface area (Å²) >= 11 is 0. The third-order valence-electron chi connectivity index (χ3n) is 3.79. The Morgan fingerprint density at radius 3 is 2.92 bits per heavy atom.